The van der Waals surface area contributed by atoms with Gasteiger partial charge in [0.05, 0.1) is 19.3 Å². The van der Waals surface area contributed by atoms with Crippen LogP contribution in [0, 0.1) is 12.3 Å². The van der Waals surface area contributed by atoms with Crippen molar-refractivity contribution in [3.8, 4) is 18.1 Å². The zero-order valence-electron chi connectivity index (χ0n) is 21.2. The molecule has 2 fully saturated rings. The number of ether oxygens (including phenoxy) is 2. The number of terminal acetylenes is 1. The van der Waals surface area contributed by atoms with Gasteiger partial charge in [0, 0.05) is 46.1 Å². The number of piperidine rings is 1. The zero-order valence-corrected chi connectivity index (χ0v) is 22.7. The molecule has 3 heterocycles. The Hall–Kier alpha value is -3.50. The average Bonchev–Trinajstić information content (AvgIpc) is 3.22. The molecule has 0 saturated carbocycles. The first kappa shape index (κ1) is 27.1. The molecule has 3 aliphatic heterocycles. The van der Waals surface area contributed by atoms with Crippen LogP contribution < -0.4 is 15.4 Å². The topological polar surface area (TPSA) is 76.7 Å². The maximum atomic E-state index is 13.5. The highest BCUT2D eigenvalue weighted by Gasteiger charge is 2.56. The van der Waals surface area contributed by atoms with Gasteiger partial charge in [-0.15, -0.1) is 6.42 Å². The molecule has 2 saturated heterocycles. The van der Waals surface area contributed by atoms with Crippen LogP contribution in [0.15, 0.2) is 66.7 Å². The van der Waals surface area contributed by atoms with Crippen LogP contribution in [0.2, 0.25) is 10.0 Å². The third-order valence-electron chi connectivity index (χ3n) is 7.34. The molecule has 3 aromatic carbocycles. The minimum atomic E-state index is -0.977. The van der Waals surface area contributed by atoms with Gasteiger partial charge < -0.3 is 20.1 Å². The van der Waals surface area contributed by atoms with Crippen LogP contribution in [-0.4, -0.2) is 31.1 Å². The van der Waals surface area contributed by atoms with Gasteiger partial charge in [0.1, 0.15) is 17.3 Å². The number of hydrogen-bond donors (Lipinski definition) is 2. The molecule has 6 nitrogen and oxygen atoms in total. The molecule has 0 aliphatic carbocycles. The molecule has 2 atom stereocenters. The highest BCUT2D eigenvalue weighted by molar-refractivity contribution is 6.31. The lowest BCUT2D eigenvalue weighted by Gasteiger charge is -2.41. The predicted molar refractivity (Wildman–Crippen MR) is 152 cm³/mol. The van der Waals surface area contributed by atoms with E-state index in [0.29, 0.717) is 47.2 Å². The lowest BCUT2D eigenvalue weighted by atomic mass is 9.67. The number of fused-ring (bicyclic) bond motifs is 2. The fourth-order valence-electron chi connectivity index (χ4n) is 5.41. The van der Waals surface area contributed by atoms with Crippen molar-refractivity contribution in [1.29, 1.82) is 0 Å². The van der Waals surface area contributed by atoms with Crippen molar-refractivity contribution in [2.24, 2.45) is 0 Å². The highest BCUT2D eigenvalue weighted by Crippen LogP contribution is 2.52. The minimum absolute atomic E-state index is 0.00192. The number of nitrogens with one attached hydrogen (secondary N) is 2. The Labute approximate surface area is 238 Å². The van der Waals surface area contributed by atoms with E-state index >= 15 is 0 Å². The summed E-state index contributed by atoms with van der Waals surface area (Å²) in [6.45, 7) is 1.28. The molecule has 2 amide bonds. The summed E-state index contributed by atoms with van der Waals surface area (Å²) in [7, 11) is 0. The van der Waals surface area contributed by atoms with E-state index < -0.39 is 11.5 Å². The lowest BCUT2D eigenvalue weighted by Crippen LogP contribution is -2.52. The summed E-state index contributed by atoms with van der Waals surface area (Å²) in [5.74, 6) is 3.01. The minimum Gasteiger partial charge on any atom is -0.490 e. The van der Waals surface area contributed by atoms with Crippen molar-refractivity contribution in [3.63, 3.8) is 0 Å². The third-order valence-corrected chi connectivity index (χ3v) is 7.83. The Morgan fingerprint density at radius 3 is 2.44 bits per heavy atom. The number of carbonyl (C=O) groups excluding carboxylic acids is 2. The Bertz CT molecular complexity index is 1420. The SMILES string of the molecule is C#Cc1ccc(OC2CCOCC2)c([C@H]2NC(=O)CC[C@]23C(=O)Nc2cc(Cl)ccc23)c1.Clc1ccccc1. The largest absolute Gasteiger partial charge is 0.490 e. The normalized spacial score (nSPS) is 22.1. The summed E-state index contributed by atoms with van der Waals surface area (Å²) in [4.78, 5) is 26.0. The average molecular weight is 563 g/mol. The Morgan fingerprint density at radius 1 is 0.974 bits per heavy atom. The Morgan fingerprint density at radius 2 is 1.74 bits per heavy atom. The van der Waals surface area contributed by atoms with Crippen LogP contribution in [-0.2, 0) is 19.7 Å². The van der Waals surface area contributed by atoms with E-state index in [1.807, 2.05) is 54.6 Å². The van der Waals surface area contributed by atoms with Crippen molar-refractivity contribution < 1.29 is 19.1 Å². The van der Waals surface area contributed by atoms with E-state index in [4.69, 9.17) is 39.1 Å². The number of carbonyl (C=O) groups is 2. The first-order chi connectivity index (χ1) is 18.9. The molecule has 200 valence electrons. The first-order valence-electron chi connectivity index (χ1n) is 12.9. The van der Waals surface area contributed by atoms with Crippen LogP contribution >= 0.6 is 23.2 Å². The second-order valence-corrected chi connectivity index (χ2v) is 10.6. The van der Waals surface area contributed by atoms with Gasteiger partial charge in [0.15, 0.2) is 0 Å². The van der Waals surface area contributed by atoms with Gasteiger partial charge in [0.2, 0.25) is 11.8 Å². The summed E-state index contributed by atoms with van der Waals surface area (Å²) in [6.07, 6.45) is 7.86. The molecular weight excluding hydrogens is 535 g/mol. The number of amides is 2. The van der Waals surface area contributed by atoms with Gasteiger partial charge in [-0.05, 0) is 54.4 Å². The van der Waals surface area contributed by atoms with Gasteiger partial charge in [-0.1, -0.05) is 53.4 Å². The fourth-order valence-corrected chi connectivity index (χ4v) is 5.73. The van der Waals surface area contributed by atoms with Crippen LogP contribution in [0.1, 0.15) is 48.4 Å². The monoisotopic (exact) mass is 562 g/mol. The van der Waals surface area contributed by atoms with Crippen LogP contribution in [0.3, 0.4) is 0 Å². The lowest BCUT2D eigenvalue weighted by molar-refractivity contribution is -0.130. The molecule has 0 aromatic heterocycles. The van der Waals surface area contributed by atoms with Crippen LogP contribution in [0.5, 0.6) is 5.75 Å². The number of rotatable bonds is 3. The molecule has 39 heavy (non-hydrogen) atoms. The van der Waals surface area contributed by atoms with E-state index in [1.54, 1.807) is 12.1 Å². The summed E-state index contributed by atoms with van der Waals surface area (Å²) in [5, 5.41) is 7.38. The zero-order chi connectivity index (χ0) is 27.4. The van der Waals surface area contributed by atoms with Crippen LogP contribution in [0.4, 0.5) is 5.69 Å². The molecule has 0 radical (unpaired) electrons. The molecule has 2 N–H and O–H groups in total. The Kier molecular flexibility index (Phi) is 8.13. The number of anilines is 1. The second kappa shape index (κ2) is 11.7. The molecule has 3 aromatic rings. The molecular formula is C31H28Cl2N2O4. The quantitative estimate of drug-likeness (QED) is 0.380. The van der Waals surface area contributed by atoms with Crippen molar-refractivity contribution in [3.05, 3.63) is 93.5 Å². The maximum Gasteiger partial charge on any atom is 0.237 e. The fraction of sp³-hybridized carbons (Fsp3) is 0.290. The van der Waals surface area contributed by atoms with Gasteiger partial charge in [-0.2, -0.15) is 0 Å². The smallest absolute Gasteiger partial charge is 0.237 e. The number of hydrogen-bond acceptors (Lipinski definition) is 4. The maximum absolute atomic E-state index is 13.5. The summed E-state index contributed by atoms with van der Waals surface area (Å²) < 4.78 is 11.8. The predicted octanol–water partition coefficient (Wildman–Crippen LogP) is 6.06. The van der Waals surface area contributed by atoms with E-state index in [-0.39, 0.29) is 24.3 Å². The van der Waals surface area contributed by atoms with Gasteiger partial charge in [-0.3, -0.25) is 9.59 Å². The molecule has 0 unspecified atom stereocenters. The standard InChI is InChI=1S/C25H23ClN2O4.C6H5Cl/c1-2-15-3-6-21(32-17-8-11-31-12-9-17)18(13-15)23-25(10-7-22(29)28-23)19-5-4-16(26)14-20(19)27-24(25)30;7-6-4-2-1-3-5-6/h1,3-6,13-14,17,23H,7-12H2,(H,27,30)(H,28,29);1-5H/t23-,25-;/m1./s1. The molecule has 6 rings (SSSR count). The van der Waals surface area contributed by atoms with Gasteiger partial charge in [0.25, 0.3) is 0 Å². The molecule has 3 aliphatic rings. The van der Waals surface area contributed by atoms with E-state index in [1.165, 1.54) is 0 Å². The van der Waals surface area contributed by atoms with Crippen molar-refractivity contribution in [1.82, 2.24) is 5.32 Å². The van der Waals surface area contributed by atoms with Crippen molar-refractivity contribution >= 4 is 40.7 Å². The summed E-state index contributed by atoms with van der Waals surface area (Å²) in [6, 6.07) is 19.7. The van der Waals surface area contributed by atoms with Crippen LogP contribution in [0.25, 0.3) is 0 Å². The van der Waals surface area contributed by atoms with E-state index in [9.17, 15) is 9.59 Å². The van der Waals surface area contributed by atoms with Gasteiger partial charge >= 0.3 is 0 Å². The van der Waals surface area contributed by atoms with E-state index in [0.717, 1.165) is 23.4 Å². The second-order valence-electron chi connectivity index (χ2n) is 9.74. The van der Waals surface area contributed by atoms with Crippen molar-refractivity contribution in [2.45, 2.75) is 43.2 Å². The number of halogens is 2. The summed E-state index contributed by atoms with van der Waals surface area (Å²) >= 11 is 11.7. The highest BCUT2D eigenvalue weighted by atomic mass is 35.5. The van der Waals surface area contributed by atoms with Crippen molar-refractivity contribution in [2.75, 3.05) is 18.5 Å². The molecule has 0 bridgehead atoms. The number of benzene rings is 3. The molecule has 8 heteroatoms. The van der Waals surface area contributed by atoms with Gasteiger partial charge in [-0.25, -0.2) is 0 Å². The molecule has 1 spiro atoms. The Balaban J connectivity index is 0.000000384. The first-order valence-corrected chi connectivity index (χ1v) is 13.6. The summed E-state index contributed by atoms with van der Waals surface area (Å²) in [5.41, 5.74) is 1.88. The van der Waals surface area contributed by atoms with E-state index in [2.05, 4.69) is 16.6 Å². The third kappa shape index (κ3) is 5.62.